The van der Waals surface area contributed by atoms with Gasteiger partial charge in [-0.2, -0.15) is 0 Å². The number of hydrogen-bond acceptors (Lipinski definition) is 3. The Bertz CT molecular complexity index is 1030. The molecule has 4 nitrogen and oxygen atoms in total. The Morgan fingerprint density at radius 2 is 1.69 bits per heavy atom. The fraction of sp³-hybridized carbons (Fsp3) is 0.208. The minimum atomic E-state index is -0.967. The number of benzene rings is 3. The highest BCUT2D eigenvalue weighted by Gasteiger charge is 2.43. The Kier molecular flexibility index (Phi) is 4.84. The molecule has 5 heteroatoms. The average molecular weight is 391 g/mol. The van der Waals surface area contributed by atoms with E-state index < -0.39 is 23.6 Å². The molecule has 3 aromatic carbocycles. The first-order chi connectivity index (χ1) is 13.8. The zero-order chi connectivity index (χ0) is 20.6. The molecule has 29 heavy (non-hydrogen) atoms. The molecule has 2 N–H and O–H groups in total. The lowest BCUT2D eigenvalue weighted by Crippen LogP contribution is -2.53. The standard InChI is InChI=1S/C24H22FNO3/c1-24(2)22(27)21(26-23(28)16-8-11-18(25)12-9-16)19-14-17(10-13-20(19)29-24)15-6-4-3-5-7-15/h3-14,21-22,27H,1-2H3,(H,26,28)/t21-,22+/m0/s1. The molecule has 0 bridgehead atoms. The van der Waals surface area contributed by atoms with Gasteiger partial charge in [0.25, 0.3) is 5.91 Å². The van der Waals surface area contributed by atoms with Crippen LogP contribution in [0.15, 0.2) is 72.8 Å². The van der Waals surface area contributed by atoms with Gasteiger partial charge in [0.2, 0.25) is 0 Å². The molecule has 3 aromatic rings. The maximum Gasteiger partial charge on any atom is 0.251 e. The van der Waals surface area contributed by atoms with E-state index in [0.29, 0.717) is 16.9 Å². The van der Waals surface area contributed by atoms with Crippen molar-refractivity contribution in [1.82, 2.24) is 5.32 Å². The summed E-state index contributed by atoms with van der Waals surface area (Å²) < 4.78 is 19.2. The molecule has 1 aliphatic rings. The van der Waals surface area contributed by atoms with Gasteiger partial charge in [-0.25, -0.2) is 4.39 Å². The zero-order valence-electron chi connectivity index (χ0n) is 16.2. The lowest BCUT2D eigenvalue weighted by atomic mass is 9.85. The Morgan fingerprint density at radius 3 is 2.38 bits per heavy atom. The summed E-state index contributed by atoms with van der Waals surface area (Å²) in [4.78, 5) is 12.8. The maximum atomic E-state index is 13.2. The summed E-state index contributed by atoms with van der Waals surface area (Å²) in [6.07, 6.45) is -0.967. The van der Waals surface area contributed by atoms with Gasteiger partial charge in [-0.05, 0) is 61.4 Å². The number of ether oxygens (including phenoxy) is 1. The molecule has 1 aliphatic heterocycles. The van der Waals surface area contributed by atoms with Gasteiger partial charge in [0, 0.05) is 11.1 Å². The monoisotopic (exact) mass is 391 g/mol. The molecular weight excluding hydrogens is 369 g/mol. The lowest BCUT2D eigenvalue weighted by Gasteiger charge is -2.42. The van der Waals surface area contributed by atoms with Crippen molar-refractivity contribution in [3.05, 3.63) is 89.7 Å². The van der Waals surface area contributed by atoms with Crippen LogP contribution < -0.4 is 10.1 Å². The third-order valence-electron chi connectivity index (χ3n) is 5.25. The van der Waals surface area contributed by atoms with Crippen LogP contribution in [0.2, 0.25) is 0 Å². The van der Waals surface area contributed by atoms with Gasteiger partial charge in [0.15, 0.2) is 0 Å². The van der Waals surface area contributed by atoms with Gasteiger partial charge in [0.1, 0.15) is 23.3 Å². The quantitative estimate of drug-likeness (QED) is 0.691. The van der Waals surface area contributed by atoms with E-state index >= 15 is 0 Å². The number of aliphatic hydroxyl groups is 1. The van der Waals surface area contributed by atoms with E-state index in [1.807, 2.05) is 48.5 Å². The third-order valence-corrected chi connectivity index (χ3v) is 5.25. The third kappa shape index (κ3) is 3.74. The predicted octanol–water partition coefficient (Wildman–Crippen LogP) is 4.50. The van der Waals surface area contributed by atoms with Gasteiger partial charge >= 0.3 is 0 Å². The van der Waals surface area contributed by atoms with Crippen molar-refractivity contribution in [3.8, 4) is 16.9 Å². The molecule has 0 spiro atoms. The number of carbonyl (C=O) groups is 1. The first-order valence-corrected chi connectivity index (χ1v) is 9.48. The van der Waals surface area contributed by atoms with Gasteiger partial charge in [-0.1, -0.05) is 36.4 Å². The lowest BCUT2D eigenvalue weighted by molar-refractivity contribution is -0.0627. The number of hydrogen-bond donors (Lipinski definition) is 2. The molecule has 4 rings (SSSR count). The number of halogens is 1. The molecule has 0 fully saturated rings. The van der Waals surface area contributed by atoms with Crippen LogP contribution in [0.25, 0.3) is 11.1 Å². The summed E-state index contributed by atoms with van der Waals surface area (Å²) in [5.74, 6) is -0.182. The largest absolute Gasteiger partial charge is 0.485 e. The van der Waals surface area contributed by atoms with Crippen molar-refractivity contribution in [2.45, 2.75) is 31.6 Å². The van der Waals surface area contributed by atoms with E-state index in [1.165, 1.54) is 24.3 Å². The van der Waals surface area contributed by atoms with Crippen molar-refractivity contribution >= 4 is 5.91 Å². The molecule has 148 valence electrons. The van der Waals surface area contributed by atoms with Gasteiger partial charge < -0.3 is 15.2 Å². The summed E-state index contributed by atoms with van der Waals surface area (Å²) in [6.45, 7) is 3.56. The average Bonchev–Trinajstić information content (AvgIpc) is 2.72. The summed E-state index contributed by atoms with van der Waals surface area (Å²) in [6, 6.07) is 20.2. The molecule has 0 radical (unpaired) electrons. The number of aliphatic hydroxyl groups excluding tert-OH is 1. The summed E-state index contributed by atoms with van der Waals surface area (Å²) in [7, 11) is 0. The normalized spacial score (nSPS) is 19.7. The van der Waals surface area contributed by atoms with Crippen LogP contribution in [0.3, 0.4) is 0 Å². The van der Waals surface area contributed by atoms with Crippen LogP contribution in [0.1, 0.15) is 35.8 Å². The Hall–Kier alpha value is -3.18. The first-order valence-electron chi connectivity index (χ1n) is 9.48. The second-order valence-corrected chi connectivity index (χ2v) is 7.73. The highest BCUT2D eigenvalue weighted by atomic mass is 19.1. The molecule has 1 amide bonds. The van der Waals surface area contributed by atoms with Crippen molar-refractivity contribution in [2.24, 2.45) is 0 Å². The van der Waals surface area contributed by atoms with Crippen LogP contribution in [0.4, 0.5) is 4.39 Å². The van der Waals surface area contributed by atoms with Crippen LogP contribution in [0.5, 0.6) is 5.75 Å². The summed E-state index contributed by atoms with van der Waals surface area (Å²) >= 11 is 0. The fourth-order valence-corrected chi connectivity index (χ4v) is 3.59. The molecule has 0 aliphatic carbocycles. The molecular formula is C24H22FNO3. The molecule has 0 saturated carbocycles. The SMILES string of the molecule is CC1(C)Oc2ccc(-c3ccccc3)cc2[C@H](NC(=O)c2ccc(F)cc2)[C@H]1O. The van der Waals surface area contributed by atoms with E-state index in [4.69, 9.17) is 4.74 Å². The molecule has 2 atom stereocenters. The topological polar surface area (TPSA) is 58.6 Å². The number of carbonyl (C=O) groups excluding carboxylic acids is 1. The number of nitrogens with one attached hydrogen (secondary N) is 1. The zero-order valence-corrected chi connectivity index (χ0v) is 16.2. The van der Waals surface area contributed by atoms with Crippen molar-refractivity contribution in [2.75, 3.05) is 0 Å². The molecule has 0 unspecified atom stereocenters. The van der Waals surface area contributed by atoms with Crippen molar-refractivity contribution in [1.29, 1.82) is 0 Å². The smallest absolute Gasteiger partial charge is 0.251 e. The van der Waals surface area contributed by atoms with E-state index in [9.17, 15) is 14.3 Å². The van der Waals surface area contributed by atoms with E-state index in [1.54, 1.807) is 13.8 Å². The van der Waals surface area contributed by atoms with E-state index in [-0.39, 0.29) is 5.91 Å². The van der Waals surface area contributed by atoms with Gasteiger partial charge in [0.05, 0.1) is 6.04 Å². The minimum Gasteiger partial charge on any atom is -0.485 e. The summed E-state index contributed by atoms with van der Waals surface area (Å²) in [5.41, 5.74) is 2.12. The molecule has 0 aromatic heterocycles. The van der Waals surface area contributed by atoms with Crippen LogP contribution in [0, 0.1) is 5.82 Å². The van der Waals surface area contributed by atoms with Crippen LogP contribution in [-0.2, 0) is 0 Å². The Labute approximate surface area is 169 Å². The van der Waals surface area contributed by atoms with Gasteiger partial charge in [-0.15, -0.1) is 0 Å². The number of amides is 1. The van der Waals surface area contributed by atoms with Crippen molar-refractivity contribution in [3.63, 3.8) is 0 Å². The van der Waals surface area contributed by atoms with Crippen molar-refractivity contribution < 1.29 is 19.0 Å². The van der Waals surface area contributed by atoms with E-state index in [0.717, 1.165) is 11.1 Å². The van der Waals surface area contributed by atoms with Crippen LogP contribution in [-0.4, -0.2) is 22.7 Å². The Balaban J connectivity index is 1.72. The minimum absolute atomic E-state index is 0.323. The number of rotatable bonds is 3. The Morgan fingerprint density at radius 1 is 1.00 bits per heavy atom. The van der Waals surface area contributed by atoms with Crippen LogP contribution >= 0.6 is 0 Å². The molecule has 1 heterocycles. The first kappa shape index (κ1) is 19.2. The fourth-order valence-electron chi connectivity index (χ4n) is 3.59. The highest BCUT2D eigenvalue weighted by molar-refractivity contribution is 5.94. The summed E-state index contributed by atoms with van der Waals surface area (Å²) in [5, 5.41) is 13.8. The van der Waals surface area contributed by atoms with Gasteiger partial charge in [-0.3, -0.25) is 4.79 Å². The maximum absolute atomic E-state index is 13.2. The molecule has 0 saturated heterocycles. The second kappa shape index (κ2) is 7.33. The number of fused-ring (bicyclic) bond motifs is 1. The van der Waals surface area contributed by atoms with E-state index in [2.05, 4.69) is 5.32 Å². The second-order valence-electron chi connectivity index (χ2n) is 7.73. The highest BCUT2D eigenvalue weighted by Crippen LogP contribution is 2.41. The predicted molar refractivity (Wildman–Crippen MR) is 109 cm³/mol.